The zero-order valence-electron chi connectivity index (χ0n) is 36.9. The Balaban J connectivity index is 3.95. The number of quaternary nitrogens is 1. The summed E-state index contributed by atoms with van der Waals surface area (Å²) < 4.78 is 23.4. The highest BCUT2D eigenvalue weighted by molar-refractivity contribution is 7.47. The van der Waals surface area contributed by atoms with Gasteiger partial charge in [0.15, 0.2) is 0 Å². The third-order valence-corrected chi connectivity index (χ3v) is 10.8. The van der Waals surface area contributed by atoms with E-state index >= 15 is 0 Å². The van der Waals surface area contributed by atoms with Crippen LogP contribution in [0, 0.1) is 0 Å². The molecule has 8 nitrogen and oxygen atoms in total. The van der Waals surface area contributed by atoms with Gasteiger partial charge in [-0.25, -0.2) is 4.57 Å². The first kappa shape index (κ1) is 54.2. The van der Waals surface area contributed by atoms with Gasteiger partial charge in [-0.3, -0.25) is 13.8 Å². The molecular weight excluding hydrogens is 719 g/mol. The number of aliphatic hydroxyl groups is 1. The molecule has 0 spiro atoms. The molecule has 0 radical (unpaired) electrons. The van der Waals surface area contributed by atoms with Gasteiger partial charge >= 0.3 is 7.82 Å². The van der Waals surface area contributed by atoms with E-state index < -0.39 is 20.0 Å². The van der Waals surface area contributed by atoms with Gasteiger partial charge in [-0.15, -0.1) is 0 Å². The van der Waals surface area contributed by atoms with E-state index in [1.165, 1.54) is 70.6 Å². The largest absolute Gasteiger partial charge is 0.472 e. The number of nitrogens with zero attached hydrogens (tertiary/aromatic N) is 1. The molecule has 3 N–H and O–H groups in total. The number of unbranched alkanes of at least 4 members (excludes halogenated alkanes) is 17. The van der Waals surface area contributed by atoms with Crippen LogP contribution in [0.1, 0.15) is 181 Å². The molecule has 0 saturated heterocycles. The Morgan fingerprint density at radius 1 is 0.625 bits per heavy atom. The molecule has 0 aromatic rings. The average molecular weight is 808 g/mol. The van der Waals surface area contributed by atoms with Crippen LogP contribution in [0.3, 0.4) is 0 Å². The van der Waals surface area contributed by atoms with Gasteiger partial charge in [0.05, 0.1) is 39.9 Å². The zero-order valence-corrected chi connectivity index (χ0v) is 37.8. The van der Waals surface area contributed by atoms with Crippen molar-refractivity contribution in [3.05, 3.63) is 60.8 Å². The van der Waals surface area contributed by atoms with E-state index in [2.05, 4.69) is 79.9 Å². The van der Waals surface area contributed by atoms with Gasteiger partial charge in [0.1, 0.15) is 13.2 Å². The van der Waals surface area contributed by atoms with Crippen LogP contribution in [-0.2, 0) is 18.4 Å². The second kappa shape index (κ2) is 38.7. The fourth-order valence-corrected chi connectivity index (χ4v) is 6.92. The maximum absolute atomic E-state index is 12.8. The van der Waals surface area contributed by atoms with Crippen LogP contribution in [0.2, 0.25) is 0 Å². The molecule has 0 aliphatic heterocycles. The Morgan fingerprint density at radius 3 is 1.57 bits per heavy atom. The SMILES string of the molecule is CC/C=C\C/C=C\C/C=C\C/C=C\C/C=C\CCCCCCCCCCCCCCCC(=O)NC(COP(=O)(O)OCC[N+](C)(C)C)C(O)CCCCCCC. The van der Waals surface area contributed by atoms with Gasteiger partial charge in [0.2, 0.25) is 5.91 Å². The van der Waals surface area contributed by atoms with Crippen molar-refractivity contribution in [2.75, 3.05) is 40.9 Å². The molecule has 326 valence electrons. The first-order valence-corrected chi connectivity index (χ1v) is 24.1. The molecule has 0 aromatic heterocycles. The van der Waals surface area contributed by atoms with Gasteiger partial charge in [0.25, 0.3) is 0 Å². The second-order valence-electron chi connectivity index (χ2n) is 16.4. The van der Waals surface area contributed by atoms with Crippen molar-refractivity contribution in [1.82, 2.24) is 5.32 Å². The molecule has 0 rings (SSSR count). The van der Waals surface area contributed by atoms with E-state index in [1.54, 1.807) is 0 Å². The van der Waals surface area contributed by atoms with Crippen molar-refractivity contribution < 1.29 is 32.9 Å². The fraction of sp³-hybridized carbons (Fsp3) is 0.766. The number of rotatable bonds is 40. The van der Waals surface area contributed by atoms with Crippen LogP contribution in [-0.4, -0.2) is 73.4 Å². The highest BCUT2D eigenvalue weighted by atomic mass is 31.2. The Kier molecular flexibility index (Phi) is 37.5. The number of likely N-dealkylation sites (N-methyl/N-ethyl adjacent to an activating group) is 1. The summed E-state index contributed by atoms with van der Waals surface area (Å²) in [5.74, 6) is -0.156. The molecule has 0 aliphatic rings. The third kappa shape index (κ3) is 40.4. The molecule has 0 heterocycles. The molecule has 9 heteroatoms. The number of phosphoric acid groups is 1. The monoisotopic (exact) mass is 808 g/mol. The van der Waals surface area contributed by atoms with Crippen molar-refractivity contribution in [2.24, 2.45) is 0 Å². The molecule has 3 unspecified atom stereocenters. The Labute approximate surface area is 345 Å². The maximum Gasteiger partial charge on any atom is 0.472 e. The summed E-state index contributed by atoms with van der Waals surface area (Å²) in [6.45, 7) is 4.67. The Bertz CT molecular complexity index is 1100. The van der Waals surface area contributed by atoms with E-state index in [0.29, 0.717) is 23.9 Å². The van der Waals surface area contributed by atoms with Crippen molar-refractivity contribution in [3.8, 4) is 0 Å². The third-order valence-electron chi connectivity index (χ3n) is 9.78. The quantitative estimate of drug-likeness (QED) is 0.0246. The van der Waals surface area contributed by atoms with Crippen molar-refractivity contribution in [1.29, 1.82) is 0 Å². The normalized spacial score (nSPS) is 14.9. The fourth-order valence-electron chi connectivity index (χ4n) is 6.19. The minimum atomic E-state index is -4.30. The minimum absolute atomic E-state index is 0.0716. The van der Waals surface area contributed by atoms with Gasteiger partial charge in [-0.2, -0.15) is 0 Å². The van der Waals surface area contributed by atoms with Crippen LogP contribution < -0.4 is 5.32 Å². The van der Waals surface area contributed by atoms with Crippen LogP contribution in [0.25, 0.3) is 0 Å². The van der Waals surface area contributed by atoms with E-state index in [4.69, 9.17) is 9.05 Å². The summed E-state index contributed by atoms with van der Waals surface area (Å²) in [6.07, 6.45) is 50.2. The van der Waals surface area contributed by atoms with Crippen molar-refractivity contribution in [3.63, 3.8) is 0 Å². The van der Waals surface area contributed by atoms with E-state index in [0.717, 1.165) is 83.5 Å². The van der Waals surface area contributed by atoms with E-state index in [-0.39, 0.29) is 19.1 Å². The molecule has 0 aliphatic carbocycles. The number of aliphatic hydroxyl groups excluding tert-OH is 1. The lowest BCUT2D eigenvalue weighted by Gasteiger charge is -2.26. The first-order valence-electron chi connectivity index (χ1n) is 22.7. The van der Waals surface area contributed by atoms with Crippen LogP contribution >= 0.6 is 7.82 Å². The van der Waals surface area contributed by atoms with Crippen LogP contribution in [0.4, 0.5) is 0 Å². The highest BCUT2D eigenvalue weighted by Crippen LogP contribution is 2.43. The highest BCUT2D eigenvalue weighted by Gasteiger charge is 2.28. The number of allylic oxidation sites excluding steroid dienone is 10. The predicted octanol–water partition coefficient (Wildman–Crippen LogP) is 12.6. The number of nitrogens with one attached hydrogen (secondary N) is 1. The van der Waals surface area contributed by atoms with Crippen molar-refractivity contribution >= 4 is 13.7 Å². The maximum atomic E-state index is 12.8. The lowest BCUT2D eigenvalue weighted by Crippen LogP contribution is -2.46. The number of hydrogen-bond acceptors (Lipinski definition) is 5. The van der Waals surface area contributed by atoms with E-state index in [1.807, 2.05) is 21.1 Å². The van der Waals surface area contributed by atoms with Gasteiger partial charge < -0.3 is 19.8 Å². The summed E-state index contributed by atoms with van der Waals surface area (Å²) in [5, 5.41) is 13.7. The number of carbonyl (C=O) groups excluding carboxylic acids is 1. The summed E-state index contributed by atoms with van der Waals surface area (Å²) in [5.41, 5.74) is 0. The lowest BCUT2D eigenvalue weighted by atomic mass is 10.0. The molecule has 56 heavy (non-hydrogen) atoms. The summed E-state index contributed by atoms with van der Waals surface area (Å²) in [4.78, 5) is 23.0. The summed E-state index contributed by atoms with van der Waals surface area (Å²) in [6, 6.07) is -0.759. The molecule has 0 bridgehead atoms. The predicted molar refractivity (Wildman–Crippen MR) is 240 cm³/mol. The van der Waals surface area contributed by atoms with Gasteiger partial charge in [-0.1, -0.05) is 177 Å². The minimum Gasteiger partial charge on any atom is -0.391 e. The Morgan fingerprint density at radius 2 is 1.07 bits per heavy atom. The molecule has 1 amide bonds. The number of phosphoric ester groups is 1. The van der Waals surface area contributed by atoms with Crippen LogP contribution in [0.5, 0.6) is 0 Å². The Hall–Kier alpha value is -1.80. The molecule has 3 atom stereocenters. The topological polar surface area (TPSA) is 105 Å². The van der Waals surface area contributed by atoms with Crippen LogP contribution in [0.15, 0.2) is 60.8 Å². The van der Waals surface area contributed by atoms with Gasteiger partial charge in [-0.05, 0) is 57.8 Å². The molecular formula is C47H88N2O6P+. The summed E-state index contributed by atoms with van der Waals surface area (Å²) >= 11 is 0. The standard InChI is InChI=1S/C47H87N2O6P/c1-6-8-10-12-13-14-15-16-17-18-19-20-21-22-23-24-25-26-27-28-29-30-31-32-33-34-35-37-39-41-47(51)48-45(46(50)40-38-36-11-9-7-2)44-55-56(52,53)54-43-42-49(3,4)5/h8,10,13-14,16-17,19-20,22-23,45-46,50H,6-7,9,11-12,15,18,21,24-44H2,1-5H3,(H-,48,51,52,53)/p+1/b10-8-,14-13-,17-16-,20-19-,23-22-. The second-order valence-corrected chi connectivity index (χ2v) is 17.9. The molecule has 0 aromatic carbocycles. The average Bonchev–Trinajstić information content (AvgIpc) is 3.15. The summed E-state index contributed by atoms with van der Waals surface area (Å²) in [7, 11) is 1.60. The molecule has 0 fully saturated rings. The number of amides is 1. The number of carbonyl (C=O) groups is 1. The van der Waals surface area contributed by atoms with Gasteiger partial charge in [0, 0.05) is 6.42 Å². The smallest absolute Gasteiger partial charge is 0.391 e. The van der Waals surface area contributed by atoms with E-state index in [9.17, 15) is 19.4 Å². The lowest BCUT2D eigenvalue weighted by molar-refractivity contribution is -0.870. The zero-order chi connectivity index (χ0) is 41.4. The number of hydrogen-bond donors (Lipinski definition) is 3. The molecule has 0 saturated carbocycles. The van der Waals surface area contributed by atoms with Crippen molar-refractivity contribution in [2.45, 2.75) is 193 Å². The first-order chi connectivity index (χ1) is 27.0.